The molecule has 1 fully saturated rings. The van der Waals surface area contributed by atoms with Gasteiger partial charge in [-0.1, -0.05) is 64.0 Å². The van der Waals surface area contributed by atoms with Crippen LogP contribution in [-0.2, 0) is 15.3 Å². The van der Waals surface area contributed by atoms with Crippen molar-refractivity contribution in [2.24, 2.45) is 4.36 Å². The molecule has 3 rings (SSSR count). The molecule has 216 valence electrons. The average molecular weight is 653 g/mol. The zero-order valence-corrected chi connectivity index (χ0v) is 26.0. The first-order chi connectivity index (χ1) is 18.2. The Morgan fingerprint density at radius 3 is 2.31 bits per heavy atom. The van der Waals surface area contributed by atoms with E-state index in [1.165, 1.54) is 12.1 Å². The summed E-state index contributed by atoms with van der Waals surface area (Å²) in [6, 6.07) is 12.0. The summed E-state index contributed by atoms with van der Waals surface area (Å²) in [6.45, 7) is 5.77. The lowest BCUT2D eigenvalue weighted by Gasteiger charge is -2.47. The predicted molar refractivity (Wildman–Crippen MR) is 151 cm³/mol. The number of carbonyl (C=O) groups is 1. The van der Waals surface area contributed by atoms with E-state index in [4.69, 9.17) is 0 Å². The molecule has 1 aliphatic heterocycles. The molecular formula is C25H34BrF4N5O2SSi. The van der Waals surface area contributed by atoms with E-state index in [0.717, 1.165) is 30.3 Å². The Hall–Kier alpha value is -1.87. The number of nitrogens with one attached hydrogen (secondary N) is 1. The number of benzene rings is 1. The smallest absolute Gasteiger partial charge is 0.270 e. The molecule has 0 spiro atoms. The van der Waals surface area contributed by atoms with Gasteiger partial charge >= 0.3 is 6.18 Å². The number of hydrogen-bond acceptors (Lipinski definition) is 5. The third-order valence-electron chi connectivity index (χ3n) is 7.57. The van der Waals surface area contributed by atoms with Gasteiger partial charge in [-0.3, -0.25) is 10.2 Å². The molecule has 7 nitrogen and oxygen atoms in total. The van der Waals surface area contributed by atoms with Crippen molar-refractivity contribution >= 4 is 45.0 Å². The maximum absolute atomic E-state index is 16.4. The molecule has 0 radical (unpaired) electrons. The summed E-state index contributed by atoms with van der Waals surface area (Å²) < 4.78 is 76.3. The fourth-order valence-corrected chi connectivity index (χ4v) is 11.8. The number of rotatable bonds is 8. The predicted octanol–water partition coefficient (Wildman–Crippen LogP) is 5.41. The summed E-state index contributed by atoms with van der Waals surface area (Å²) in [5.41, 5.74) is 1.28. The van der Waals surface area contributed by atoms with E-state index in [9.17, 15) is 22.2 Å². The van der Waals surface area contributed by atoms with Crippen LogP contribution in [0, 0.1) is 5.82 Å². The van der Waals surface area contributed by atoms with Gasteiger partial charge in [0.05, 0.1) is 19.5 Å². The maximum Gasteiger partial charge on any atom is 0.403 e. The number of alkyl halides is 3. The largest absolute Gasteiger partial charge is 0.403 e. The standard InChI is InChI=1S/C25H34BrF4N5O2SSi/c1-6-39(7-2,8-3)19-14-20(26)32-22(21(19)27)24(4)15-34(33-23(36)18-12-10-9-11-13-18)35(16-25(28,29)30)38(37,17-24)31-5/h9-14H,6-8,15-17H2,1-5H3,(H,33,36)/t24?,38-/m0/s1. The molecule has 0 saturated carbocycles. The normalized spacial score (nSPS) is 23.0. The first kappa shape index (κ1) is 31.7. The van der Waals surface area contributed by atoms with Gasteiger partial charge in [-0.2, -0.15) is 13.2 Å². The van der Waals surface area contributed by atoms with Gasteiger partial charge in [0.15, 0.2) is 0 Å². The number of halogens is 5. The van der Waals surface area contributed by atoms with E-state index in [1.807, 2.05) is 20.8 Å². The van der Waals surface area contributed by atoms with Crippen LogP contribution in [0.4, 0.5) is 17.6 Å². The van der Waals surface area contributed by atoms with Crippen molar-refractivity contribution in [1.82, 2.24) is 19.9 Å². The summed E-state index contributed by atoms with van der Waals surface area (Å²) >= 11 is 3.41. The highest BCUT2D eigenvalue weighted by Crippen LogP contribution is 2.37. The second-order valence-corrected chi connectivity index (χ2v) is 18.3. The number of pyridine rings is 1. The molecule has 1 aromatic carbocycles. The van der Waals surface area contributed by atoms with Crippen molar-refractivity contribution in [2.45, 2.75) is 57.4 Å². The molecule has 2 atom stereocenters. The Morgan fingerprint density at radius 2 is 1.79 bits per heavy atom. The van der Waals surface area contributed by atoms with Gasteiger partial charge in [0.2, 0.25) is 0 Å². The monoisotopic (exact) mass is 651 g/mol. The van der Waals surface area contributed by atoms with Gasteiger partial charge in [-0.15, -0.1) is 9.53 Å². The molecule has 2 heterocycles. The number of hydrogen-bond donors (Lipinski definition) is 1. The van der Waals surface area contributed by atoms with E-state index in [-0.39, 0.29) is 17.8 Å². The van der Waals surface area contributed by atoms with Crippen molar-refractivity contribution < 1.29 is 26.6 Å². The second kappa shape index (κ2) is 11.9. The lowest BCUT2D eigenvalue weighted by Crippen LogP contribution is -2.67. The van der Waals surface area contributed by atoms with Crippen LogP contribution in [0.2, 0.25) is 18.1 Å². The van der Waals surface area contributed by atoms with Crippen molar-refractivity contribution in [1.29, 1.82) is 0 Å². The van der Waals surface area contributed by atoms with E-state index < -0.39 is 53.6 Å². The summed E-state index contributed by atoms with van der Waals surface area (Å²) in [7, 11) is -4.89. The van der Waals surface area contributed by atoms with Crippen molar-refractivity contribution in [3.8, 4) is 0 Å². The van der Waals surface area contributed by atoms with Gasteiger partial charge < -0.3 is 0 Å². The fourth-order valence-electron chi connectivity index (χ4n) is 5.21. The molecular weight excluding hydrogens is 618 g/mol. The lowest BCUT2D eigenvalue weighted by atomic mass is 9.88. The van der Waals surface area contributed by atoms with Crippen LogP contribution in [0.1, 0.15) is 43.7 Å². The van der Waals surface area contributed by atoms with Crippen molar-refractivity contribution in [2.75, 3.05) is 25.9 Å². The number of carbonyl (C=O) groups excluding carboxylic acids is 1. The topological polar surface area (TPSA) is 77.9 Å². The molecule has 1 saturated heterocycles. The van der Waals surface area contributed by atoms with Gasteiger partial charge in [-0.25, -0.2) is 17.9 Å². The van der Waals surface area contributed by atoms with Crippen LogP contribution in [0.5, 0.6) is 0 Å². The van der Waals surface area contributed by atoms with Gasteiger partial charge in [0.25, 0.3) is 5.91 Å². The highest BCUT2D eigenvalue weighted by Gasteiger charge is 2.51. The van der Waals surface area contributed by atoms with Gasteiger partial charge in [0, 0.05) is 24.6 Å². The molecule has 1 aliphatic rings. The maximum atomic E-state index is 16.4. The number of nitrogens with zero attached hydrogens (tertiary/aromatic N) is 4. The fraction of sp³-hybridized carbons (Fsp3) is 0.520. The van der Waals surface area contributed by atoms with E-state index >= 15 is 4.39 Å². The SMILES string of the molecule is CC[Si](CC)(CC)c1cc(Br)nc(C2(C)CN(NC(=O)c3ccccc3)N(CC(F)(F)F)[S@@](=O)(=NC)C2)c1F. The molecule has 39 heavy (non-hydrogen) atoms. The molecule has 1 N–H and O–H groups in total. The summed E-state index contributed by atoms with van der Waals surface area (Å²) in [5.74, 6) is -1.65. The van der Waals surface area contributed by atoms with Crippen LogP contribution in [-0.4, -0.2) is 64.8 Å². The average Bonchev–Trinajstić information content (AvgIpc) is 2.89. The van der Waals surface area contributed by atoms with Crippen molar-refractivity contribution in [3.05, 3.63) is 58.1 Å². The highest BCUT2D eigenvalue weighted by atomic mass is 79.9. The molecule has 1 unspecified atom stereocenters. The van der Waals surface area contributed by atoms with Crippen LogP contribution >= 0.6 is 15.9 Å². The van der Waals surface area contributed by atoms with Crippen LogP contribution < -0.4 is 10.6 Å². The minimum absolute atomic E-state index is 0.0129. The van der Waals surface area contributed by atoms with Gasteiger partial charge in [0.1, 0.15) is 26.9 Å². The number of hydrazine groups is 2. The summed E-state index contributed by atoms with van der Waals surface area (Å²) in [4.78, 5) is 17.5. The molecule has 14 heteroatoms. The minimum Gasteiger partial charge on any atom is -0.270 e. The highest BCUT2D eigenvalue weighted by molar-refractivity contribution is 9.10. The first-order valence-electron chi connectivity index (χ1n) is 12.7. The molecule has 0 bridgehead atoms. The van der Waals surface area contributed by atoms with E-state index in [0.29, 0.717) is 14.2 Å². The lowest BCUT2D eigenvalue weighted by molar-refractivity contribution is -0.167. The quantitative estimate of drug-likeness (QED) is 0.235. The molecule has 1 amide bonds. The van der Waals surface area contributed by atoms with Crippen LogP contribution in [0.3, 0.4) is 0 Å². The van der Waals surface area contributed by atoms with Crippen molar-refractivity contribution in [3.63, 3.8) is 0 Å². The van der Waals surface area contributed by atoms with E-state index in [2.05, 4.69) is 30.7 Å². The zero-order chi connectivity index (χ0) is 29.2. The Kier molecular flexibility index (Phi) is 9.68. The number of aromatic nitrogens is 1. The van der Waals surface area contributed by atoms with E-state index in [1.54, 1.807) is 31.2 Å². The molecule has 1 aromatic heterocycles. The Balaban J connectivity index is 2.19. The summed E-state index contributed by atoms with van der Waals surface area (Å²) in [5, 5.41) is 1.44. The number of amides is 1. The van der Waals surface area contributed by atoms with Crippen LogP contribution in [0.15, 0.2) is 45.4 Å². The third kappa shape index (κ3) is 6.55. The zero-order valence-electron chi connectivity index (χ0n) is 22.6. The minimum atomic E-state index is -4.75. The second-order valence-electron chi connectivity index (χ2n) is 9.98. The van der Waals surface area contributed by atoms with Crippen LogP contribution in [0.25, 0.3) is 0 Å². The first-order valence-corrected chi connectivity index (χ1v) is 17.7. The third-order valence-corrected chi connectivity index (χ3v) is 16.1. The Bertz CT molecular complexity index is 1310. The Morgan fingerprint density at radius 1 is 1.21 bits per heavy atom. The molecule has 2 aromatic rings. The summed E-state index contributed by atoms with van der Waals surface area (Å²) in [6.07, 6.45) is -4.75. The Labute approximate surface area is 236 Å². The molecule has 0 aliphatic carbocycles. The van der Waals surface area contributed by atoms with Gasteiger partial charge in [-0.05, 0) is 39.3 Å².